The van der Waals surface area contributed by atoms with Crippen molar-refractivity contribution in [1.82, 2.24) is 19.5 Å². The van der Waals surface area contributed by atoms with Crippen LogP contribution in [0.15, 0.2) is 24.4 Å². The van der Waals surface area contributed by atoms with Crippen LogP contribution in [-0.4, -0.2) is 42.7 Å². The summed E-state index contributed by atoms with van der Waals surface area (Å²) in [6.07, 6.45) is 6.90. The van der Waals surface area contributed by atoms with Crippen LogP contribution in [0.25, 0.3) is 11.2 Å². The lowest BCUT2D eigenvalue weighted by atomic mass is 9.84. The number of halogens is 2. The molecule has 2 atom stereocenters. The predicted molar refractivity (Wildman–Crippen MR) is 127 cm³/mol. The van der Waals surface area contributed by atoms with Crippen molar-refractivity contribution in [1.29, 1.82) is 0 Å². The molecule has 0 unspecified atom stereocenters. The van der Waals surface area contributed by atoms with Crippen LogP contribution in [0.2, 0.25) is 0 Å². The number of nitrogens with two attached hydrogens (primary N) is 1. The van der Waals surface area contributed by atoms with E-state index in [1.807, 2.05) is 4.57 Å². The third-order valence-electron chi connectivity index (χ3n) is 7.04. The quantitative estimate of drug-likeness (QED) is 0.401. The van der Waals surface area contributed by atoms with Gasteiger partial charge in [0.05, 0.1) is 12.3 Å². The number of hydrogen-bond acceptors (Lipinski definition) is 7. The number of nitrogens with one attached hydrogen (secondary N) is 2. The Morgan fingerprint density at radius 1 is 1.11 bits per heavy atom. The monoisotopic (exact) mass is 485 g/mol. The number of aliphatic hydroxyl groups is 1. The second-order valence-corrected chi connectivity index (χ2v) is 9.58. The van der Waals surface area contributed by atoms with Gasteiger partial charge in [-0.15, -0.1) is 0 Å². The highest BCUT2D eigenvalue weighted by atomic mass is 19.1. The van der Waals surface area contributed by atoms with Crippen molar-refractivity contribution in [2.24, 2.45) is 11.7 Å². The summed E-state index contributed by atoms with van der Waals surface area (Å²) in [5.41, 5.74) is 6.16. The lowest BCUT2D eigenvalue weighted by Crippen LogP contribution is -2.24. The number of aliphatic hydroxyl groups excluding tert-OH is 1. The maximum atomic E-state index is 14.4. The minimum atomic E-state index is -0.720. The number of aromatic nitrogens is 4. The summed E-state index contributed by atoms with van der Waals surface area (Å²) in [5, 5.41) is 16.0. The Morgan fingerprint density at radius 2 is 1.86 bits per heavy atom. The zero-order valence-electron chi connectivity index (χ0n) is 19.3. The molecule has 5 rings (SSSR count). The first-order chi connectivity index (χ1) is 16.9. The molecule has 0 saturated heterocycles. The highest BCUT2D eigenvalue weighted by Gasteiger charge is 2.29. The van der Waals surface area contributed by atoms with Gasteiger partial charge in [-0.3, -0.25) is 9.36 Å². The van der Waals surface area contributed by atoms with Crippen LogP contribution in [0.5, 0.6) is 0 Å². The van der Waals surface area contributed by atoms with E-state index in [2.05, 4.69) is 20.6 Å². The van der Waals surface area contributed by atoms with E-state index < -0.39 is 11.6 Å². The predicted octanol–water partition coefficient (Wildman–Crippen LogP) is 3.78. The molecule has 9 nitrogen and oxygen atoms in total. The Morgan fingerprint density at radius 3 is 2.51 bits per heavy atom. The van der Waals surface area contributed by atoms with E-state index in [1.54, 1.807) is 6.20 Å². The fourth-order valence-electron chi connectivity index (χ4n) is 5.29. The molecular formula is C24H29F2N7O2. The summed E-state index contributed by atoms with van der Waals surface area (Å²) in [6.45, 7) is 0. The van der Waals surface area contributed by atoms with Gasteiger partial charge >= 0.3 is 0 Å². The fraction of sp³-hybridized carbons (Fsp3) is 0.500. The second-order valence-electron chi connectivity index (χ2n) is 9.58. The van der Waals surface area contributed by atoms with Crippen LogP contribution in [0, 0.1) is 17.6 Å². The molecule has 0 aliphatic heterocycles. The van der Waals surface area contributed by atoms with E-state index in [0.717, 1.165) is 38.5 Å². The van der Waals surface area contributed by atoms with Gasteiger partial charge in [0.1, 0.15) is 22.8 Å². The zero-order chi connectivity index (χ0) is 24.5. The van der Waals surface area contributed by atoms with Crippen LogP contribution >= 0.6 is 0 Å². The van der Waals surface area contributed by atoms with Gasteiger partial charge in [-0.05, 0) is 63.0 Å². The summed E-state index contributed by atoms with van der Waals surface area (Å²) in [5.74, 6) is -0.822. The number of amides is 1. The van der Waals surface area contributed by atoms with Gasteiger partial charge in [0, 0.05) is 18.5 Å². The molecule has 35 heavy (non-hydrogen) atoms. The van der Waals surface area contributed by atoms with Crippen LogP contribution < -0.4 is 16.4 Å². The number of imidazole rings is 1. The van der Waals surface area contributed by atoms with Crippen LogP contribution in [0.4, 0.5) is 26.4 Å². The minimum absolute atomic E-state index is 0.0301. The Bertz CT molecular complexity index is 1210. The average Bonchev–Trinajstić information content (AvgIpc) is 3.39. The summed E-state index contributed by atoms with van der Waals surface area (Å²) >= 11 is 0. The number of benzene rings is 1. The van der Waals surface area contributed by atoms with Crippen molar-refractivity contribution in [3.05, 3.63) is 36.0 Å². The molecule has 2 aliphatic carbocycles. The number of primary amides is 1. The number of fused-ring (bicyclic) bond motifs is 1. The normalized spacial score (nSPS) is 24.5. The third kappa shape index (κ3) is 5.04. The molecule has 0 bridgehead atoms. The number of nitrogens with zero attached hydrogens (tertiary/aromatic N) is 4. The topological polar surface area (TPSA) is 131 Å². The van der Waals surface area contributed by atoms with Crippen molar-refractivity contribution in [2.45, 2.75) is 69.6 Å². The van der Waals surface area contributed by atoms with Crippen LogP contribution in [0.3, 0.4) is 0 Å². The smallest absolute Gasteiger partial charge is 0.224 e. The second kappa shape index (κ2) is 9.73. The van der Waals surface area contributed by atoms with Crippen molar-refractivity contribution in [2.75, 3.05) is 10.6 Å². The van der Waals surface area contributed by atoms with Crippen molar-refractivity contribution in [3.63, 3.8) is 0 Å². The van der Waals surface area contributed by atoms with E-state index >= 15 is 0 Å². The Kier molecular flexibility index (Phi) is 6.50. The number of hydrogen-bond donors (Lipinski definition) is 4. The van der Waals surface area contributed by atoms with Gasteiger partial charge in [0.25, 0.3) is 0 Å². The molecule has 2 heterocycles. The van der Waals surface area contributed by atoms with E-state index in [4.69, 9.17) is 10.7 Å². The largest absolute Gasteiger partial charge is 0.393 e. The molecule has 0 radical (unpaired) electrons. The van der Waals surface area contributed by atoms with Gasteiger partial charge in [-0.25, -0.2) is 18.7 Å². The van der Waals surface area contributed by atoms with E-state index in [9.17, 15) is 18.7 Å². The highest BCUT2D eigenvalue weighted by molar-refractivity contribution is 5.77. The minimum Gasteiger partial charge on any atom is -0.393 e. The number of rotatable bonds is 7. The Balaban J connectivity index is 1.49. The number of para-hydroxylation sites is 1. The molecule has 186 valence electrons. The number of anilines is 3. The van der Waals surface area contributed by atoms with E-state index in [1.165, 1.54) is 18.2 Å². The van der Waals surface area contributed by atoms with Crippen molar-refractivity contribution < 1.29 is 18.7 Å². The summed E-state index contributed by atoms with van der Waals surface area (Å²) in [4.78, 5) is 25.0. The Labute approximate surface area is 201 Å². The van der Waals surface area contributed by atoms with Gasteiger partial charge < -0.3 is 21.5 Å². The molecule has 2 aliphatic rings. The lowest BCUT2D eigenvalue weighted by molar-refractivity contribution is -0.119. The van der Waals surface area contributed by atoms with Gasteiger partial charge in [0.15, 0.2) is 5.65 Å². The molecule has 0 spiro atoms. The molecule has 3 aromatic rings. The van der Waals surface area contributed by atoms with Crippen molar-refractivity contribution in [3.8, 4) is 0 Å². The van der Waals surface area contributed by atoms with E-state index in [-0.39, 0.29) is 41.6 Å². The van der Waals surface area contributed by atoms with E-state index in [0.29, 0.717) is 30.0 Å². The molecule has 11 heteroatoms. The van der Waals surface area contributed by atoms with Crippen LogP contribution in [0.1, 0.15) is 57.4 Å². The lowest BCUT2D eigenvalue weighted by Gasteiger charge is -2.30. The fourth-order valence-corrected chi connectivity index (χ4v) is 5.29. The molecule has 2 saturated carbocycles. The van der Waals surface area contributed by atoms with Gasteiger partial charge in [-0.1, -0.05) is 6.07 Å². The molecule has 5 N–H and O–H groups in total. The first kappa shape index (κ1) is 23.4. The number of carbonyl (C=O) groups excluding carboxylic acids is 1. The zero-order valence-corrected chi connectivity index (χ0v) is 19.3. The molecule has 2 fully saturated rings. The molecular weight excluding hydrogens is 456 g/mol. The maximum Gasteiger partial charge on any atom is 0.224 e. The Hall–Kier alpha value is -3.34. The third-order valence-corrected chi connectivity index (χ3v) is 7.04. The van der Waals surface area contributed by atoms with Crippen LogP contribution in [-0.2, 0) is 4.79 Å². The molecule has 1 aromatic carbocycles. The van der Waals surface area contributed by atoms with Gasteiger partial charge in [0.2, 0.25) is 17.8 Å². The summed E-state index contributed by atoms with van der Waals surface area (Å²) in [7, 11) is 0. The molecule has 2 aromatic heterocycles. The molecule has 1 amide bonds. The standard InChI is InChI=1S/C24H29F2N7O2/c25-17-2-1-3-18(26)21(17)31-24-30-19-12-28-23(29-14-6-9-16(34)11-14)32-22(19)33(24)15-7-4-13(5-8-15)10-20(27)35/h1-3,12-16,34H,4-11H2,(H2,27,35)(H,30,31)(H,28,29,32)/t13?,14-,15?,16-/m0/s1. The number of carbonyl (C=O) groups is 1. The highest BCUT2D eigenvalue weighted by Crippen LogP contribution is 2.38. The maximum absolute atomic E-state index is 14.4. The first-order valence-electron chi connectivity index (χ1n) is 12.1. The summed E-state index contributed by atoms with van der Waals surface area (Å²) in [6, 6.07) is 3.73. The van der Waals surface area contributed by atoms with Crippen molar-refractivity contribution >= 4 is 34.7 Å². The SMILES string of the molecule is NC(=O)CC1CCC(n2c(Nc3c(F)cccc3F)nc3cnc(N[C@H]4CC[C@H](O)C4)nc32)CC1. The average molecular weight is 486 g/mol. The summed E-state index contributed by atoms with van der Waals surface area (Å²) < 4.78 is 30.7. The first-order valence-corrected chi connectivity index (χ1v) is 12.1. The van der Waals surface area contributed by atoms with Gasteiger partial charge in [-0.2, -0.15) is 4.98 Å².